The van der Waals surface area contributed by atoms with Gasteiger partial charge in [-0.25, -0.2) is 9.78 Å². The number of fused-ring (bicyclic) bond motifs is 5. The summed E-state index contributed by atoms with van der Waals surface area (Å²) >= 11 is 0. The smallest absolute Gasteiger partial charge is 0.355 e. The van der Waals surface area contributed by atoms with Crippen molar-refractivity contribution >= 4 is 36.4 Å². The Morgan fingerprint density at radius 1 is 0.833 bits per heavy atom. The number of ether oxygens (including phenoxy) is 2. The molecule has 0 bridgehead atoms. The number of aromatic nitrogens is 2. The van der Waals surface area contributed by atoms with E-state index in [1.165, 1.54) is 82.6 Å². The number of benzene rings is 2. The van der Waals surface area contributed by atoms with Crippen molar-refractivity contribution in [2.45, 2.75) is 161 Å². The summed E-state index contributed by atoms with van der Waals surface area (Å²) in [6, 6.07) is 14.9. The molecular weight excluding hydrogens is 936 g/mol. The maximum atomic E-state index is 14.1. The van der Waals surface area contributed by atoms with Gasteiger partial charge in [-0.3, -0.25) is 18.9 Å². The van der Waals surface area contributed by atoms with Gasteiger partial charge in [0.2, 0.25) is 5.60 Å². The third kappa shape index (κ3) is 15.9. The van der Waals surface area contributed by atoms with Crippen molar-refractivity contribution in [1.29, 1.82) is 0 Å². The van der Waals surface area contributed by atoms with Gasteiger partial charge in [0.15, 0.2) is 0 Å². The number of phenols is 1. The highest BCUT2D eigenvalue weighted by molar-refractivity contribution is 7.45. The maximum Gasteiger partial charge on any atom is 0.355 e. The van der Waals surface area contributed by atoms with E-state index in [-0.39, 0.29) is 67.4 Å². The summed E-state index contributed by atoms with van der Waals surface area (Å²) in [6.07, 6.45) is 19.4. The average Bonchev–Trinajstić information content (AvgIpc) is 3.68. The summed E-state index contributed by atoms with van der Waals surface area (Å²) in [5.74, 6) is -1.84. The number of likely N-dealkylation sites (N-methyl/N-ethyl adjacent to an activating group) is 1. The van der Waals surface area contributed by atoms with E-state index in [0.29, 0.717) is 34.5 Å². The topological polar surface area (TPSA) is 187 Å². The number of pyridine rings is 2. The van der Waals surface area contributed by atoms with Crippen LogP contribution in [0.15, 0.2) is 53.3 Å². The van der Waals surface area contributed by atoms with Crippen molar-refractivity contribution < 1.29 is 52.0 Å². The first kappa shape index (κ1) is 56.5. The van der Waals surface area contributed by atoms with E-state index >= 15 is 0 Å². The Kier molecular flexibility index (Phi) is 20.8. The predicted molar refractivity (Wildman–Crippen MR) is 277 cm³/mol. The minimum absolute atomic E-state index is 0.00712. The maximum absolute atomic E-state index is 14.1. The van der Waals surface area contributed by atoms with Crippen molar-refractivity contribution in [3.63, 3.8) is 0 Å². The zero-order chi connectivity index (χ0) is 51.9. The van der Waals surface area contributed by atoms with Gasteiger partial charge in [-0.15, -0.1) is 0 Å². The highest BCUT2D eigenvalue weighted by Crippen LogP contribution is 2.42. The number of phosphoric acid groups is 1. The molecule has 0 fully saturated rings. The predicted octanol–water partition coefficient (Wildman–Crippen LogP) is 9.59. The van der Waals surface area contributed by atoms with Crippen LogP contribution in [0.5, 0.6) is 5.75 Å². The van der Waals surface area contributed by atoms with Gasteiger partial charge >= 0.3 is 11.9 Å². The zero-order valence-electron chi connectivity index (χ0n) is 43.8. The molecule has 4 heterocycles. The number of carbonyl (C=O) groups excluding carboxylic acids is 3. The molecule has 16 heteroatoms. The normalized spacial score (nSPS) is 16.1. The number of hydrogen-bond acceptors (Lipinski definition) is 13. The van der Waals surface area contributed by atoms with Crippen molar-refractivity contribution in [3.8, 4) is 17.1 Å². The molecule has 0 radical (unpaired) electrons. The molecule has 72 heavy (non-hydrogen) atoms. The number of phosphoric ester groups is 1. The molecule has 2 aliphatic heterocycles. The lowest BCUT2D eigenvalue weighted by molar-refractivity contribution is -0.870. The van der Waals surface area contributed by atoms with Crippen LogP contribution in [0.4, 0.5) is 0 Å². The second kappa shape index (κ2) is 26.5. The molecule has 1 unspecified atom stereocenters. The number of nitrogens with zero attached hydrogens (tertiary/aromatic N) is 4. The Hall–Kier alpha value is -4.76. The van der Waals surface area contributed by atoms with Gasteiger partial charge in [0.05, 0.1) is 56.8 Å². The number of ketones is 1. The first-order chi connectivity index (χ1) is 34.4. The molecule has 1 N–H and O–H groups in total. The Morgan fingerprint density at radius 3 is 2.01 bits per heavy atom. The third-order valence-corrected chi connectivity index (χ3v) is 14.9. The lowest BCUT2D eigenvalue weighted by atomic mass is 9.85. The molecule has 0 saturated carbocycles. The van der Waals surface area contributed by atoms with Crippen LogP contribution in [-0.4, -0.2) is 96.8 Å². The van der Waals surface area contributed by atoms with Crippen LogP contribution in [0.2, 0.25) is 0 Å². The van der Waals surface area contributed by atoms with Crippen LogP contribution in [-0.2, 0) is 75.6 Å². The van der Waals surface area contributed by atoms with Gasteiger partial charge in [0, 0.05) is 35.0 Å². The Labute approximate surface area is 426 Å². The van der Waals surface area contributed by atoms with Crippen molar-refractivity contribution in [2.75, 3.05) is 55.0 Å². The van der Waals surface area contributed by atoms with Crippen LogP contribution in [0, 0.1) is 0 Å². The molecule has 4 aromatic rings. The quantitative estimate of drug-likeness (QED) is 0.0141. The van der Waals surface area contributed by atoms with Crippen LogP contribution in [0.3, 0.4) is 0 Å². The summed E-state index contributed by atoms with van der Waals surface area (Å²) in [7, 11) is 5.58. The Morgan fingerprint density at radius 2 is 1.42 bits per heavy atom. The van der Waals surface area contributed by atoms with E-state index in [9.17, 15) is 33.7 Å². The number of aromatic hydroxyl groups is 1. The first-order valence-electron chi connectivity index (χ1n) is 26.4. The van der Waals surface area contributed by atoms with Gasteiger partial charge in [-0.2, -0.15) is 0 Å². The largest absolute Gasteiger partial charge is 0.756 e. The second-order valence-corrected chi connectivity index (χ2v) is 22.6. The highest BCUT2D eigenvalue weighted by Gasteiger charge is 2.50. The molecule has 0 aliphatic carbocycles. The monoisotopic (exact) mass is 1010 g/mol. The second-order valence-electron chi connectivity index (χ2n) is 21.2. The molecule has 0 saturated heterocycles. The number of aryl methyl sites for hydroxylation is 1. The molecule has 15 nitrogen and oxygen atoms in total. The fourth-order valence-corrected chi connectivity index (χ4v) is 10.5. The summed E-state index contributed by atoms with van der Waals surface area (Å²) < 4.78 is 35.4. The van der Waals surface area contributed by atoms with Gasteiger partial charge in [0.25, 0.3) is 13.4 Å². The summed E-state index contributed by atoms with van der Waals surface area (Å²) in [4.78, 5) is 73.1. The highest BCUT2D eigenvalue weighted by atomic mass is 31.2. The zero-order valence-corrected chi connectivity index (χ0v) is 44.7. The minimum Gasteiger partial charge on any atom is -0.756 e. The number of esters is 2. The number of quaternary nitrogens is 1. The molecule has 394 valence electrons. The molecule has 0 spiro atoms. The third-order valence-electron chi connectivity index (χ3n) is 13.9. The number of phenolic OH excluding ortho intramolecular Hbond substituents is 1. The number of Topliss-reactive ketones (excluding diaryl/α,β-unsaturated/α-hetero) is 1. The minimum atomic E-state index is -4.20. The number of unbranched alkanes of at least 4 members (excludes halogenated alkanes) is 15. The summed E-state index contributed by atoms with van der Waals surface area (Å²) in [5, 5.41) is 11.5. The van der Waals surface area contributed by atoms with Crippen LogP contribution in [0.1, 0.15) is 156 Å². The van der Waals surface area contributed by atoms with E-state index in [2.05, 4.69) is 0 Å². The standard InChI is InChI=1S/C56H79N4O11P/c1-7-56(48-37-50-53-43(38-59(50)54(64)47(48)40-68-55(56)65)35-45-46(39-58(2)3)51(62)30-29-49(45)57-53)71-52(63)36-44(61)34-42-27-25-41(26-28-42)24-22-20-18-16-14-12-10-8-9-11-13-15-17-19-21-23-32-69-72(66,67)70-33-31-60(4,5)6/h25-30,35,37H,7-24,31-34,36,38-40H2,1-6H3,(H-,62,64,66,67)/t56-/m0/s1. The van der Waals surface area contributed by atoms with E-state index in [4.69, 9.17) is 23.5 Å². The van der Waals surface area contributed by atoms with E-state index in [1.807, 2.05) is 70.5 Å². The Balaban J connectivity index is 0.844. The molecule has 2 aromatic carbocycles. The fourth-order valence-electron chi connectivity index (χ4n) is 9.79. The number of cyclic esters (lactones) is 1. The lowest BCUT2D eigenvalue weighted by Gasteiger charge is -2.35. The van der Waals surface area contributed by atoms with Gasteiger partial charge in [-0.1, -0.05) is 121 Å². The molecule has 2 aromatic heterocycles. The SMILES string of the molecule is CC[C@@]1(OC(=O)CC(=O)Cc2ccc(CCCCCCCCCCCCCCCCCCOP(=O)([O-])OCC[N+](C)(C)C)cc2)C(=O)OCc2c1cc1n(c2=O)Cc2cc3c(CN(C)C)c(O)ccc3nc2-1. The first-order valence-corrected chi connectivity index (χ1v) is 27.8. The van der Waals surface area contributed by atoms with E-state index in [0.717, 1.165) is 54.2 Å². The fraction of sp³-hybridized carbons (Fsp3) is 0.589. The van der Waals surface area contributed by atoms with E-state index < -0.39 is 31.8 Å². The van der Waals surface area contributed by atoms with Crippen LogP contribution >= 0.6 is 7.82 Å². The van der Waals surface area contributed by atoms with Gasteiger partial charge in [-0.05, 0) is 75.2 Å². The number of rotatable bonds is 32. The van der Waals surface area contributed by atoms with Crippen LogP contribution < -0.4 is 10.5 Å². The number of carbonyl (C=O) groups is 3. The van der Waals surface area contributed by atoms with Crippen molar-refractivity contribution in [1.82, 2.24) is 14.5 Å². The summed E-state index contributed by atoms with van der Waals surface area (Å²) in [5.41, 5.74) is 3.40. The van der Waals surface area contributed by atoms with Gasteiger partial charge < -0.3 is 42.5 Å². The molecule has 6 rings (SSSR count). The molecule has 0 amide bonds. The molecule has 2 aliphatic rings. The van der Waals surface area contributed by atoms with Crippen molar-refractivity contribution in [2.24, 2.45) is 0 Å². The Bertz CT molecular complexity index is 2590. The van der Waals surface area contributed by atoms with Crippen LogP contribution in [0.25, 0.3) is 22.3 Å². The lowest BCUT2D eigenvalue weighted by Crippen LogP contribution is -2.47. The average molecular weight is 1020 g/mol. The molecule has 2 atom stereocenters. The van der Waals surface area contributed by atoms with Crippen molar-refractivity contribution in [3.05, 3.63) is 92.3 Å². The summed E-state index contributed by atoms with van der Waals surface area (Å²) in [6.45, 7) is 3.07. The molecular formula is C56H79N4O11P. The number of hydrogen-bond donors (Lipinski definition) is 1. The van der Waals surface area contributed by atoms with E-state index in [1.54, 1.807) is 29.7 Å². The van der Waals surface area contributed by atoms with Gasteiger partial charge in [0.1, 0.15) is 37.7 Å².